The number of benzene rings is 3. The molecule has 12 nitrogen and oxygen atoms in total. The van der Waals surface area contributed by atoms with Crippen molar-refractivity contribution in [3.05, 3.63) is 112 Å². The maximum Gasteiger partial charge on any atom is 0.350 e. The van der Waals surface area contributed by atoms with Crippen LogP contribution in [0.25, 0.3) is 5.69 Å². The highest BCUT2D eigenvalue weighted by atomic mass is 35.5. The van der Waals surface area contributed by atoms with Crippen molar-refractivity contribution in [2.75, 3.05) is 49.2 Å². The molecule has 2 aliphatic heterocycles. The molecule has 262 valence electrons. The number of anilines is 2. The molecular weight excluding hydrogens is 679 g/mol. The fraction of sp³-hybridized carbons (Fsp3) is 0.389. The van der Waals surface area contributed by atoms with Crippen molar-refractivity contribution < 1.29 is 14.2 Å². The number of hydrogen-bond donors (Lipinski definition) is 0. The number of aromatic nitrogens is 6. The Morgan fingerprint density at radius 1 is 0.920 bits per heavy atom. The minimum Gasteiger partial charge on any atom is -0.491 e. The summed E-state index contributed by atoms with van der Waals surface area (Å²) in [6.45, 7) is 8.81. The SMILES string of the molecule is CCC(C)n1ncn(-c2ccc(N3CCN(c4ccc(OCC5COC(CCn6cncn6)(c6ccc(Cl)cc6Cl)O5)cc4)CC3)cc2)c1=O. The van der Waals surface area contributed by atoms with Crippen LogP contribution in [0, 0.1) is 0 Å². The summed E-state index contributed by atoms with van der Waals surface area (Å²) in [5.41, 5.74) is 3.70. The Bertz CT molecular complexity index is 1920. The molecule has 2 saturated heterocycles. The van der Waals surface area contributed by atoms with Gasteiger partial charge in [-0.1, -0.05) is 36.2 Å². The van der Waals surface area contributed by atoms with Gasteiger partial charge < -0.3 is 24.0 Å². The number of rotatable bonds is 12. The van der Waals surface area contributed by atoms with Gasteiger partial charge in [-0.2, -0.15) is 10.2 Å². The van der Waals surface area contributed by atoms with E-state index in [9.17, 15) is 4.79 Å². The Hall–Kier alpha value is -4.36. The van der Waals surface area contributed by atoms with E-state index in [0.717, 1.165) is 61.0 Å². The van der Waals surface area contributed by atoms with Gasteiger partial charge in [0.25, 0.3) is 0 Å². The first-order valence-electron chi connectivity index (χ1n) is 16.9. The van der Waals surface area contributed by atoms with Gasteiger partial charge in [0.15, 0.2) is 5.79 Å². The molecule has 3 atom stereocenters. The largest absolute Gasteiger partial charge is 0.491 e. The Balaban J connectivity index is 0.920. The lowest BCUT2D eigenvalue weighted by molar-refractivity contribution is -0.186. The molecule has 50 heavy (non-hydrogen) atoms. The van der Waals surface area contributed by atoms with Crippen LogP contribution in [-0.4, -0.2) is 74.6 Å². The Morgan fingerprint density at radius 3 is 2.24 bits per heavy atom. The van der Waals surface area contributed by atoms with Crippen LogP contribution in [-0.2, 0) is 21.8 Å². The molecule has 3 unspecified atom stereocenters. The van der Waals surface area contributed by atoms with Gasteiger partial charge in [0, 0.05) is 61.1 Å². The summed E-state index contributed by atoms with van der Waals surface area (Å²) < 4.78 is 23.9. The topological polar surface area (TPSA) is 105 Å². The number of ether oxygens (including phenoxy) is 3. The van der Waals surface area contributed by atoms with Gasteiger partial charge in [0.1, 0.15) is 37.4 Å². The molecule has 2 aromatic heterocycles. The molecule has 0 aliphatic carbocycles. The van der Waals surface area contributed by atoms with Gasteiger partial charge in [0.2, 0.25) is 0 Å². The zero-order valence-electron chi connectivity index (χ0n) is 28.1. The second kappa shape index (κ2) is 14.9. The molecule has 14 heteroatoms. The zero-order valence-corrected chi connectivity index (χ0v) is 29.6. The van der Waals surface area contributed by atoms with Gasteiger partial charge in [0.05, 0.1) is 23.4 Å². The Morgan fingerprint density at radius 2 is 1.60 bits per heavy atom. The summed E-state index contributed by atoms with van der Waals surface area (Å²) in [5, 5.41) is 9.53. The molecule has 0 radical (unpaired) electrons. The summed E-state index contributed by atoms with van der Waals surface area (Å²) in [5.74, 6) is -0.304. The van der Waals surface area contributed by atoms with Crippen molar-refractivity contribution in [1.82, 2.24) is 29.1 Å². The normalized spacial score (nSPS) is 20.0. The van der Waals surface area contributed by atoms with Crippen molar-refractivity contribution >= 4 is 34.6 Å². The van der Waals surface area contributed by atoms with Gasteiger partial charge in [-0.3, -0.25) is 4.68 Å². The fourth-order valence-electron chi connectivity index (χ4n) is 6.42. The predicted molar refractivity (Wildman–Crippen MR) is 193 cm³/mol. The molecule has 5 aromatic rings. The monoisotopic (exact) mass is 718 g/mol. The maximum atomic E-state index is 12.8. The molecule has 3 aromatic carbocycles. The molecular formula is C36H40Cl2N8O4. The summed E-state index contributed by atoms with van der Waals surface area (Å²) in [7, 11) is 0. The van der Waals surface area contributed by atoms with Crippen molar-refractivity contribution in [3.8, 4) is 11.4 Å². The van der Waals surface area contributed by atoms with E-state index < -0.39 is 5.79 Å². The number of hydrogen-bond acceptors (Lipinski definition) is 9. The third-order valence-corrected chi connectivity index (χ3v) is 10.00. The highest BCUT2D eigenvalue weighted by molar-refractivity contribution is 6.35. The van der Waals surface area contributed by atoms with E-state index in [1.165, 1.54) is 6.33 Å². The minimum absolute atomic E-state index is 0.0649. The third kappa shape index (κ3) is 7.25. The van der Waals surface area contributed by atoms with Crippen LogP contribution in [0.1, 0.15) is 38.3 Å². The lowest BCUT2D eigenvalue weighted by Crippen LogP contribution is -2.46. The molecule has 0 N–H and O–H groups in total. The van der Waals surface area contributed by atoms with E-state index in [0.29, 0.717) is 36.2 Å². The summed E-state index contributed by atoms with van der Waals surface area (Å²) >= 11 is 12.8. The average molecular weight is 720 g/mol. The van der Waals surface area contributed by atoms with Crippen molar-refractivity contribution in [1.29, 1.82) is 0 Å². The molecule has 0 amide bonds. The molecule has 0 spiro atoms. The maximum absolute atomic E-state index is 12.8. The molecule has 2 fully saturated rings. The van der Waals surface area contributed by atoms with Gasteiger partial charge in [-0.05, 0) is 74.0 Å². The standard InChI is InChI=1S/C36H40Cl2N8O4/c1-3-26(2)46-35(47)45(25-41-46)30-7-5-28(6-8-30)42-16-18-43(19-17-42)29-9-11-31(12-10-29)48-21-32-22-49-36(50-32,14-15-44-24-39-23-40-44)33-13-4-27(37)20-34(33)38/h4-13,20,23-26,32H,3,14-19,21-22H2,1-2H3. The fourth-order valence-corrected chi connectivity index (χ4v) is 6.97. The second-order valence-electron chi connectivity index (χ2n) is 12.6. The van der Waals surface area contributed by atoms with E-state index in [2.05, 4.69) is 49.2 Å². The van der Waals surface area contributed by atoms with E-state index in [1.807, 2.05) is 44.2 Å². The van der Waals surface area contributed by atoms with Crippen LogP contribution in [0.2, 0.25) is 10.0 Å². The van der Waals surface area contributed by atoms with Crippen LogP contribution in [0.5, 0.6) is 5.75 Å². The average Bonchev–Trinajstić information content (AvgIpc) is 3.91. The van der Waals surface area contributed by atoms with Crippen LogP contribution in [0.15, 0.2) is 90.5 Å². The quantitative estimate of drug-likeness (QED) is 0.154. The van der Waals surface area contributed by atoms with Crippen molar-refractivity contribution in [3.63, 3.8) is 0 Å². The van der Waals surface area contributed by atoms with Crippen LogP contribution in [0.3, 0.4) is 0 Å². The number of halogens is 2. The van der Waals surface area contributed by atoms with E-state index in [-0.39, 0.29) is 17.8 Å². The predicted octanol–water partition coefficient (Wildman–Crippen LogP) is 5.97. The number of piperazine rings is 1. The Labute approximate surface area is 300 Å². The number of nitrogens with zero attached hydrogens (tertiary/aromatic N) is 8. The first-order chi connectivity index (χ1) is 24.3. The first kappa shape index (κ1) is 34.1. The van der Waals surface area contributed by atoms with Crippen LogP contribution in [0.4, 0.5) is 11.4 Å². The van der Waals surface area contributed by atoms with Crippen molar-refractivity contribution in [2.24, 2.45) is 0 Å². The van der Waals surface area contributed by atoms with Gasteiger partial charge in [-0.15, -0.1) is 0 Å². The van der Waals surface area contributed by atoms with E-state index >= 15 is 0 Å². The number of aryl methyl sites for hydroxylation is 1. The first-order valence-corrected chi connectivity index (χ1v) is 17.7. The lowest BCUT2D eigenvalue weighted by atomic mass is 10.0. The third-order valence-electron chi connectivity index (χ3n) is 9.45. The second-order valence-corrected chi connectivity index (χ2v) is 13.5. The highest BCUT2D eigenvalue weighted by Gasteiger charge is 2.44. The molecule has 4 heterocycles. The smallest absolute Gasteiger partial charge is 0.350 e. The lowest BCUT2D eigenvalue weighted by Gasteiger charge is -2.37. The van der Waals surface area contributed by atoms with Gasteiger partial charge in [-0.25, -0.2) is 19.0 Å². The van der Waals surface area contributed by atoms with Gasteiger partial charge >= 0.3 is 5.69 Å². The molecule has 0 saturated carbocycles. The summed E-state index contributed by atoms with van der Waals surface area (Å²) in [6.07, 6.45) is 5.78. The zero-order chi connectivity index (χ0) is 34.7. The Kier molecular flexibility index (Phi) is 10.1. The minimum atomic E-state index is -1.06. The molecule has 7 rings (SSSR count). The van der Waals surface area contributed by atoms with Crippen molar-refractivity contribution in [2.45, 2.75) is 51.2 Å². The molecule has 2 aliphatic rings. The van der Waals surface area contributed by atoms with Crippen LogP contribution >= 0.6 is 23.2 Å². The van der Waals surface area contributed by atoms with E-state index in [1.54, 1.807) is 38.7 Å². The van der Waals surface area contributed by atoms with Crippen LogP contribution < -0.4 is 20.2 Å². The van der Waals surface area contributed by atoms with E-state index in [4.69, 9.17) is 37.4 Å². The summed E-state index contributed by atoms with van der Waals surface area (Å²) in [4.78, 5) is 21.6. The summed E-state index contributed by atoms with van der Waals surface area (Å²) in [6, 6.07) is 21.7. The molecule has 0 bridgehead atoms. The highest BCUT2D eigenvalue weighted by Crippen LogP contribution is 2.42.